The smallest absolute Gasteiger partial charge is 0.338 e. The van der Waals surface area contributed by atoms with E-state index in [1.807, 2.05) is 30.3 Å². The van der Waals surface area contributed by atoms with E-state index in [4.69, 9.17) is 16.3 Å². The quantitative estimate of drug-likeness (QED) is 0.625. The van der Waals surface area contributed by atoms with Gasteiger partial charge >= 0.3 is 12.0 Å². The number of pyridine rings is 1. The molecule has 3 amide bonds. The fourth-order valence-corrected chi connectivity index (χ4v) is 2.89. The standard InChI is InChI=1S/C19H19ClN4O4/c20-16-12-14(6-7-21-16)18(26)28-13-17(25)23-8-10-24(11-9-23)19(27)22-15-4-2-1-3-5-15/h1-7,12H,8-11,13H2,(H,22,27). The van der Waals surface area contributed by atoms with Crippen LogP contribution in [0.5, 0.6) is 0 Å². The molecule has 2 heterocycles. The van der Waals surface area contributed by atoms with E-state index in [-0.39, 0.29) is 29.3 Å². The highest BCUT2D eigenvalue weighted by Gasteiger charge is 2.25. The van der Waals surface area contributed by atoms with Crippen LogP contribution in [-0.2, 0) is 9.53 Å². The fourth-order valence-electron chi connectivity index (χ4n) is 2.71. The van der Waals surface area contributed by atoms with Crippen LogP contribution >= 0.6 is 11.6 Å². The summed E-state index contributed by atoms with van der Waals surface area (Å²) in [7, 11) is 0. The molecule has 8 nitrogen and oxygen atoms in total. The second-order valence-corrected chi connectivity index (χ2v) is 6.49. The Labute approximate surface area is 167 Å². The van der Waals surface area contributed by atoms with Crippen LogP contribution < -0.4 is 5.32 Å². The van der Waals surface area contributed by atoms with Crippen molar-refractivity contribution in [3.63, 3.8) is 0 Å². The van der Waals surface area contributed by atoms with Gasteiger partial charge in [0.2, 0.25) is 0 Å². The van der Waals surface area contributed by atoms with Gasteiger partial charge in [0.15, 0.2) is 6.61 Å². The molecule has 1 aliphatic heterocycles. The Morgan fingerprint density at radius 3 is 2.39 bits per heavy atom. The number of esters is 1. The van der Waals surface area contributed by atoms with Gasteiger partial charge in [-0.25, -0.2) is 14.6 Å². The van der Waals surface area contributed by atoms with Gasteiger partial charge in [-0.05, 0) is 24.3 Å². The molecule has 2 aromatic rings. The Bertz CT molecular complexity index is 854. The first kappa shape index (κ1) is 19.6. The summed E-state index contributed by atoms with van der Waals surface area (Å²) in [5.74, 6) is -0.949. The van der Waals surface area contributed by atoms with Gasteiger partial charge in [0.25, 0.3) is 5.91 Å². The van der Waals surface area contributed by atoms with E-state index in [0.717, 1.165) is 0 Å². The lowest BCUT2D eigenvalue weighted by molar-refractivity contribution is -0.135. The number of amides is 3. The highest BCUT2D eigenvalue weighted by Crippen LogP contribution is 2.10. The molecule has 1 N–H and O–H groups in total. The molecule has 3 rings (SSSR count). The molecular weight excluding hydrogens is 384 g/mol. The largest absolute Gasteiger partial charge is 0.452 e. The summed E-state index contributed by atoms with van der Waals surface area (Å²) in [6.45, 7) is 1.19. The number of nitrogens with one attached hydrogen (secondary N) is 1. The number of carbonyl (C=O) groups excluding carboxylic acids is 3. The molecule has 1 aromatic heterocycles. The van der Waals surface area contributed by atoms with E-state index < -0.39 is 5.97 Å². The molecule has 28 heavy (non-hydrogen) atoms. The topological polar surface area (TPSA) is 91.8 Å². The number of piperazine rings is 1. The van der Waals surface area contributed by atoms with Crippen molar-refractivity contribution < 1.29 is 19.1 Å². The Balaban J connectivity index is 1.43. The van der Waals surface area contributed by atoms with E-state index in [0.29, 0.717) is 31.9 Å². The van der Waals surface area contributed by atoms with Gasteiger partial charge in [-0.2, -0.15) is 0 Å². The van der Waals surface area contributed by atoms with Crippen molar-refractivity contribution in [2.45, 2.75) is 0 Å². The molecule has 1 saturated heterocycles. The van der Waals surface area contributed by atoms with Crippen molar-refractivity contribution in [1.82, 2.24) is 14.8 Å². The summed E-state index contributed by atoms with van der Waals surface area (Å²) in [6.07, 6.45) is 1.39. The molecule has 146 valence electrons. The predicted molar refractivity (Wildman–Crippen MR) is 103 cm³/mol. The van der Waals surface area contributed by atoms with Gasteiger partial charge in [0.1, 0.15) is 5.15 Å². The Hall–Kier alpha value is -3.13. The van der Waals surface area contributed by atoms with Gasteiger partial charge in [-0.15, -0.1) is 0 Å². The van der Waals surface area contributed by atoms with Crippen molar-refractivity contribution >= 4 is 35.2 Å². The zero-order valence-corrected chi connectivity index (χ0v) is 15.8. The zero-order valence-electron chi connectivity index (χ0n) is 15.0. The summed E-state index contributed by atoms with van der Waals surface area (Å²) in [5, 5.41) is 2.99. The van der Waals surface area contributed by atoms with Crippen molar-refractivity contribution in [3.05, 3.63) is 59.4 Å². The highest BCUT2D eigenvalue weighted by molar-refractivity contribution is 6.29. The van der Waals surface area contributed by atoms with Crippen molar-refractivity contribution in [2.24, 2.45) is 0 Å². The number of urea groups is 1. The Morgan fingerprint density at radius 2 is 1.71 bits per heavy atom. The fraction of sp³-hybridized carbons (Fsp3) is 0.263. The number of ether oxygens (including phenoxy) is 1. The number of nitrogens with zero attached hydrogens (tertiary/aromatic N) is 3. The second kappa shape index (κ2) is 9.18. The lowest BCUT2D eigenvalue weighted by Crippen LogP contribution is -2.52. The number of anilines is 1. The van der Waals surface area contributed by atoms with Crippen LogP contribution in [0.15, 0.2) is 48.7 Å². The van der Waals surface area contributed by atoms with Crippen LogP contribution in [0.3, 0.4) is 0 Å². The van der Waals surface area contributed by atoms with E-state index in [2.05, 4.69) is 10.3 Å². The number of hydrogen-bond donors (Lipinski definition) is 1. The number of halogens is 1. The molecule has 0 unspecified atom stereocenters. The zero-order chi connectivity index (χ0) is 19.9. The summed E-state index contributed by atoms with van der Waals surface area (Å²) >= 11 is 5.73. The first-order valence-corrected chi connectivity index (χ1v) is 9.08. The normalized spacial score (nSPS) is 13.8. The number of carbonyl (C=O) groups is 3. The average molecular weight is 403 g/mol. The van der Waals surface area contributed by atoms with Gasteiger partial charge in [0.05, 0.1) is 5.56 Å². The third-order valence-electron chi connectivity index (χ3n) is 4.23. The Morgan fingerprint density at radius 1 is 1.04 bits per heavy atom. The molecule has 0 aliphatic carbocycles. The monoisotopic (exact) mass is 402 g/mol. The molecule has 0 atom stereocenters. The number of para-hydroxylation sites is 1. The van der Waals surface area contributed by atoms with E-state index in [1.54, 1.807) is 9.80 Å². The van der Waals surface area contributed by atoms with E-state index >= 15 is 0 Å². The number of rotatable bonds is 4. The van der Waals surface area contributed by atoms with Gasteiger partial charge < -0.3 is 19.9 Å². The molecule has 1 fully saturated rings. The van der Waals surface area contributed by atoms with Crippen LogP contribution in [0.2, 0.25) is 5.15 Å². The lowest BCUT2D eigenvalue weighted by atomic mass is 10.3. The highest BCUT2D eigenvalue weighted by atomic mass is 35.5. The maximum atomic E-state index is 12.3. The van der Waals surface area contributed by atoms with Crippen LogP contribution in [0.1, 0.15) is 10.4 Å². The van der Waals surface area contributed by atoms with Crippen molar-refractivity contribution in [1.29, 1.82) is 0 Å². The average Bonchev–Trinajstić information content (AvgIpc) is 2.72. The first-order chi connectivity index (χ1) is 13.5. The lowest BCUT2D eigenvalue weighted by Gasteiger charge is -2.34. The van der Waals surface area contributed by atoms with Crippen LogP contribution in [0.25, 0.3) is 0 Å². The van der Waals surface area contributed by atoms with Gasteiger partial charge in [-0.1, -0.05) is 29.8 Å². The summed E-state index contributed by atoms with van der Waals surface area (Å²) in [5.41, 5.74) is 0.948. The summed E-state index contributed by atoms with van der Waals surface area (Å²) in [4.78, 5) is 43.5. The van der Waals surface area contributed by atoms with Crippen molar-refractivity contribution in [2.75, 3.05) is 38.1 Å². The van der Waals surface area contributed by atoms with Gasteiger partial charge in [0, 0.05) is 38.1 Å². The third-order valence-corrected chi connectivity index (χ3v) is 4.44. The number of benzene rings is 1. The second-order valence-electron chi connectivity index (χ2n) is 6.11. The predicted octanol–water partition coefficient (Wildman–Crippen LogP) is 2.27. The number of aromatic nitrogens is 1. The molecule has 0 saturated carbocycles. The summed E-state index contributed by atoms with van der Waals surface area (Å²) in [6, 6.07) is 11.8. The molecule has 1 aromatic carbocycles. The molecule has 1 aliphatic rings. The van der Waals surface area contributed by atoms with E-state index in [9.17, 15) is 14.4 Å². The van der Waals surface area contributed by atoms with Crippen LogP contribution in [0, 0.1) is 0 Å². The van der Waals surface area contributed by atoms with Gasteiger partial charge in [-0.3, -0.25) is 4.79 Å². The maximum Gasteiger partial charge on any atom is 0.338 e. The minimum absolute atomic E-state index is 0.172. The summed E-state index contributed by atoms with van der Waals surface area (Å²) < 4.78 is 5.04. The molecular formula is C19H19ClN4O4. The minimum atomic E-state index is -0.640. The minimum Gasteiger partial charge on any atom is -0.452 e. The number of hydrogen-bond acceptors (Lipinski definition) is 5. The molecule has 0 radical (unpaired) electrons. The van der Waals surface area contributed by atoms with Crippen LogP contribution in [-0.4, -0.2) is 65.5 Å². The Kier molecular flexibility index (Phi) is 6.44. The van der Waals surface area contributed by atoms with Crippen molar-refractivity contribution in [3.8, 4) is 0 Å². The molecule has 9 heteroatoms. The molecule has 0 bridgehead atoms. The first-order valence-electron chi connectivity index (χ1n) is 8.70. The van der Waals surface area contributed by atoms with E-state index in [1.165, 1.54) is 18.3 Å². The SMILES string of the molecule is O=C(OCC(=O)N1CCN(C(=O)Nc2ccccc2)CC1)c1ccnc(Cl)c1. The maximum absolute atomic E-state index is 12.3. The third kappa shape index (κ3) is 5.20. The molecule has 0 spiro atoms. The van der Waals surface area contributed by atoms with Crippen LogP contribution in [0.4, 0.5) is 10.5 Å².